The van der Waals surface area contributed by atoms with Gasteiger partial charge in [-0.25, -0.2) is 4.39 Å². The van der Waals surface area contributed by atoms with E-state index in [1.54, 1.807) is 12.1 Å². The molecule has 1 N–H and O–H groups in total. The maximum absolute atomic E-state index is 13.6. The van der Waals surface area contributed by atoms with Crippen LogP contribution in [0.2, 0.25) is 0 Å². The molecule has 108 valence electrons. The lowest BCUT2D eigenvalue weighted by Crippen LogP contribution is -2.37. The SMILES string of the molecule is O=S1CCN(Cc2ccc(F)c(C#CCCO)c2)CC1. The van der Waals surface area contributed by atoms with Crippen LogP contribution in [0.5, 0.6) is 0 Å². The van der Waals surface area contributed by atoms with Crippen LogP contribution in [-0.2, 0) is 17.3 Å². The Kier molecular flexibility index (Phi) is 5.72. The Bertz CT molecular complexity index is 541. The summed E-state index contributed by atoms with van der Waals surface area (Å²) < 4.78 is 24.9. The third-order valence-corrected chi connectivity index (χ3v) is 4.44. The van der Waals surface area contributed by atoms with Gasteiger partial charge in [0.05, 0.1) is 12.2 Å². The average molecular weight is 295 g/mol. The summed E-state index contributed by atoms with van der Waals surface area (Å²) in [6.07, 6.45) is 0.349. The largest absolute Gasteiger partial charge is 0.395 e. The molecule has 0 radical (unpaired) electrons. The topological polar surface area (TPSA) is 40.5 Å². The van der Waals surface area contributed by atoms with E-state index in [0.717, 1.165) is 25.2 Å². The van der Waals surface area contributed by atoms with Crippen LogP contribution in [0.25, 0.3) is 0 Å². The van der Waals surface area contributed by atoms with Crippen molar-refractivity contribution in [2.24, 2.45) is 0 Å². The summed E-state index contributed by atoms with van der Waals surface area (Å²) >= 11 is 0. The maximum atomic E-state index is 13.6. The number of nitrogens with zero attached hydrogens (tertiary/aromatic N) is 1. The predicted molar refractivity (Wildman–Crippen MR) is 78.1 cm³/mol. The fourth-order valence-corrected chi connectivity index (χ4v) is 3.20. The molecule has 0 aromatic heterocycles. The van der Waals surface area contributed by atoms with E-state index in [1.807, 2.05) is 0 Å². The molecule has 2 rings (SSSR count). The Hall–Kier alpha value is -1.22. The highest BCUT2D eigenvalue weighted by molar-refractivity contribution is 7.85. The Morgan fingerprint density at radius 2 is 2.10 bits per heavy atom. The molecular formula is C15H18FNO2S. The fourth-order valence-electron chi connectivity index (χ4n) is 2.07. The van der Waals surface area contributed by atoms with Crippen LogP contribution in [0, 0.1) is 17.7 Å². The molecule has 1 aromatic rings. The Balaban J connectivity index is 2.04. The number of hydrogen-bond donors (Lipinski definition) is 1. The maximum Gasteiger partial charge on any atom is 0.138 e. The number of hydrogen-bond acceptors (Lipinski definition) is 3. The minimum absolute atomic E-state index is 0.0147. The lowest BCUT2D eigenvalue weighted by Gasteiger charge is -2.26. The summed E-state index contributed by atoms with van der Waals surface area (Å²) in [5, 5.41) is 8.68. The highest BCUT2D eigenvalue weighted by atomic mass is 32.2. The van der Waals surface area contributed by atoms with Crippen molar-refractivity contribution in [2.75, 3.05) is 31.2 Å². The standard InChI is InChI=1S/C15H18FNO2S/c16-15-5-4-13(11-14(15)3-1-2-8-18)12-17-6-9-20(19)10-7-17/h4-5,11,18H,2,6-10,12H2. The van der Waals surface area contributed by atoms with Crippen LogP contribution in [0.3, 0.4) is 0 Å². The van der Waals surface area contributed by atoms with Crippen molar-refractivity contribution in [2.45, 2.75) is 13.0 Å². The molecule has 1 aromatic carbocycles. The number of benzene rings is 1. The highest BCUT2D eigenvalue weighted by Crippen LogP contribution is 2.13. The van der Waals surface area contributed by atoms with Crippen molar-refractivity contribution in [3.63, 3.8) is 0 Å². The summed E-state index contributed by atoms with van der Waals surface area (Å²) in [6.45, 7) is 2.34. The van der Waals surface area contributed by atoms with E-state index >= 15 is 0 Å². The minimum Gasteiger partial charge on any atom is -0.395 e. The number of halogens is 1. The molecule has 20 heavy (non-hydrogen) atoms. The van der Waals surface area contributed by atoms with Gasteiger partial charge in [0.15, 0.2) is 0 Å². The molecule has 1 fully saturated rings. The smallest absolute Gasteiger partial charge is 0.138 e. The molecule has 0 saturated carbocycles. The van der Waals surface area contributed by atoms with Gasteiger partial charge in [-0.15, -0.1) is 0 Å². The summed E-state index contributed by atoms with van der Waals surface area (Å²) in [5.41, 5.74) is 1.38. The molecule has 0 bridgehead atoms. The number of aliphatic hydroxyl groups is 1. The minimum atomic E-state index is -0.680. The van der Waals surface area contributed by atoms with Crippen LogP contribution in [0.1, 0.15) is 17.5 Å². The molecule has 0 aliphatic carbocycles. The first-order valence-corrected chi connectivity index (χ1v) is 8.13. The quantitative estimate of drug-likeness (QED) is 0.850. The Morgan fingerprint density at radius 3 is 2.80 bits per heavy atom. The van der Waals surface area contributed by atoms with E-state index in [9.17, 15) is 8.60 Å². The van der Waals surface area contributed by atoms with Gasteiger partial charge in [0.25, 0.3) is 0 Å². The second-order valence-corrected chi connectivity index (χ2v) is 6.41. The molecule has 0 atom stereocenters. The van der Waals surface area contributed by atoms with Gasteiger partial charge in [-0.1, -0.05) is 17.9 Å². The second-order valence-electron chi connectivity index (χ2n) is 4.71. The first-order chi connectivity index (χ1) is 9.69. The molecule has 1 heterocycles. The summed E-state index contributed by atoms with van der Waals surface area (Å²) in [4.78, 5) is 2.22. The molecule has 3 nitrogen and oxygen atoms in total. The van der Waals surface area contributed by atoms with Gasteiger partial charge in [0.1, 0.15) is 5.82 Å². The van der Waals surface area contributed by atoms with Crippen molar-refractivity contribution in [3.05, 3.63) is 35.1 Å². The van der Waals surface area contributed by atoms with Gasteiger partial charge < -0.3 is 5.11 Å². The normalized spacial score (nSPS) is 16.7. The van der Waals surface area contributed by atoms with Crippen LogP contribution in [-0.4, -0.2) is 45.4 Å². The zero-order valence-electron chi connectivity index (χ0n) is 11.3. The lowest BCUT2D eigenvalue weighted by atomic mass is 10.1. The van der Waals surface area contributed by atoms with Crippen molar-refractivity contribution in [1.82, 2.24) is 4.90 Å². The third kappa shape index (κ3) is 4.41. The number of rotatable bonds is 3. The number of aliphatic hydroxyl groups excluding tert-OH is 1. The van der Waals surface area contributed by atoms with E-state index in [1.165, 1.54) is 6.07 Å². The second kappa shape index (κ2) is 7.53. The predicted octanol–water partition coefficient (Wildman–Crippen LogP) is 1.12. The molecule has 1 aliphatic heterocycles. The first-order valence-electron chi connectivity index (χ1n) is 6.64. The van der Waals surface area contributed by atoms with Crippen molar-refractivity contribution in [1.29, 1.82) is 0 Å². The molecule has 0 spiro atoms. The van der Waals surface area contributed by atoms with Gasteiger partial charge in [0, 0.05) is 48.4 Å². The molecular weight excluding hydrogens is 277 g/mol. The summed E-state index contributed by atoms with van der Waals surface area (Å²) in [5.74, 6) is 6.57. The van der Waals surface area contributed by atoms with E-state index in [-0.39, 0.29) is 12.4 Å². The van der Waals surface area contributed by atoms with Crippen LogP contribution in [0.15, 0.2) is 18.2 Å². The van der Waals surface area contributed by atoms with Gasteiger partial charge in [-0.05, 0) is 17.7 Å². The summed E-state index contributed by atoms with van der Waals surface area (Å²) in [6, 6.07) is 4.95. The van der Waals surface area contributed by atoms with Gasteiger partial charge in [-0.3, -0.25) is 9.11 Å². The molecule has 0 unspecified atom stereocenters. The van der Waals surface area contributed by atoms with Crippen molar-refractivity contribution < 1.29 is 13.7 Å². The van der Waals surface area contributed by atoms with E-state index < -0.39 is 10.8 Å². The zero-order chi connectivity index (χ0) is 14.4. The van der Waals surface area contributed by atoms with Crippen LogP contribution < -0.4 is 0 Å². The van der Waals surface area contributed by atoms with E-state index in [4.69, 9.17) is 5.11 Å². The molecule has 5 heteroatoms. The Labute approximate surface area is 121 Å². The van der Waals surface area contributed by atoms with Gasteiger partial charge >= 0.3 is 0 Å². The van der Waals surface area contributed by atoms with Gasteiger partial charge in [0.2, 0.25) is 0 Å². The third-order valence-electron chi connectivity index (χ3n) is 3.17. The monoisotopic (exact) mass is 295 g/mol. The summed E-state index contributed by atoms with van der Waals surface area (Å²) in [7, 11) is -0.680. The van der Waals surface area contributed by atoms with Crippen molar-refractivity contribution >= 4 is 10.8 Å². The van der Waals surface area contributed by atoms with Gasteiger partial charge in [-0.2, -0.15) is 0 Å². The fraction of sp³-hybridized carbons (Fsp3) is 0.467. The average Bonchev–Trinajstić information content (AvgIpc) is 2.45. The van der Waals surface area contributed by atoms with E-state index in [0.29, 0.717) is 23.5 Å². The molecule has 0 amide bonds. The van der Waals surface area contributed by atoms with Crippen LogP contribution in [0.4, 0.5) is 4.39 Å². The zero-order valence-corrected chi connectivity index (χ0v) is 12.1. The first kappa shape index (κ1) is 15.2. The highest BCUT2D eigenvalue weighted by Gasteiger charge is 2.15. The Morgan fingerprint density at radius 1 is 1.35 bits per heavy atom. The van der Waals surface area contributed by atoms with E-state index in [2.05, 4.69) is 16.7 Å². The molecule has 1 aliphatic rings. The molecule has 1 saturated heterocycles. The lowest BCUT2D eigenvalue weighted by molar-refractivity contribution is 0.291. The van der Waals surface area contributed by atoms with Crippen LogP contribution >= 0.6 is 0 Å². The van der Waals surface area contributed by atoms with Crippen molar-refractivity contribution in [3.8, 4) is 11.8 Å².